The predicted molar refractivity (Wildman–Crippen MR) is 169 cm³/mol. The summed E-state index contributed by atoms with van der Waals surface area (Å²) in [5.41, 5.74) is 3.47. The maximum atomic E-state index is 6.32. The normalized spacial score (nSPS) is 11.8. The van der Waals surface area contributed by atoms with E-state index in [-0.39, 0.29) is 0 Å². The molecule has 0 atom stereocenters. The van der Waals surface area contributed by atoms with E-state index in [9.17, 15) is 0 Å². The van der Waals surface area contributed by atoms with Gasteiger partial charge in [-0.25, -0.2) is 0 Å². The Morgan fingerprint density at radius 2 is 1.11 bits per heavy atom. The van der Waals surface area contributed by atoms with Crippen LogP contribution in [-0.2, 0) is 0 Å². The topological polar surface area (TPSA) is 3.24 Å². The summed E-state index contributed by atoms with van der Waals surface area (Å²) in [6, 6.07) is 43.6. The van der Waals surface area contributed by atoms with Gasteiger partial charge in [0.1, 0.15) is 0 Å². The zero-order valence-electron chi connectivity index (χ0n) is 20.2. The Morgan fingerprint density at radius 3 is 1.95 bits per heavy atom. The first-order valence-electron chi connectivity index (χ1n) is 12.5. The van der Waals surface area contributed by atoms with Crippen molar-refractivity contribution in [2.75, 3.05) is 4.90 Å². The van der Waals surface area contributed by atoms with E-state index in [1.54, 1.807) is 11.3 Å². The third-order valence-electron chi connectivity index (χ3n) is 7.30. The van der Waals surface area contributed by atoms with Crippen LogP contribution in [0.4, 0.5) is 17.1 Å². The maximum absolute atomic E-state index is 6.32. The lowest BCUT2D eigenvalue weighted by Crippen LogP contribution is -2.10. The van der Waals surface area contributed by atoms with E-state index < -0.39 is 0 Å². The van der Waals surface area contributed by atoms with E-state index in [1.165, 1.54) is 56.8 Å². The van der Waals surface area contributed by atoms with Crippen LogP contribution in [0.3, 0.4) is 0 Å². The molecule has 0 fully saturated rings. The van der Waals surface area contributed by atoms with Gasteiger partial charge in [-0.3, -0.25) is 0 Å². The predicted octanol–water partition coefficient (Wildman–Crippen LogP) is 11.7. The Hall–Kier alpha value is -3.89. The third-order valence-corrected chi connectivity index (χ3v) is 9.76. The van der Waals surface area contributed by atoms with Gasteiger partial charge in [0.15, 0.2) is 0 Å². The number of halogens is 1. The fourth-order valence-electron chi connectivity index (χ4n) is 5.64. The molecule has 0 radical (unpaired) electrons. The van der Waals surface area contributed by atoms with Crippen molar-refractivity contribution >= 4 is 102 Å². The van der Waals surface area contributed by atoms with E-state index in [2.05, 4.69) is 120 Å². The lowest BCUT2D eigenvalue weighted by atomic mass is 10.0. The molecule has 4 heteroatoms. The molecule has 0 aliphatic heterocycles. The van der Waals surface area contributed by atoms with Crippen molar-refractivity contribution < 1.29 is 0 Å². The largest absolute Gasteiger partial charge is 0.310 e. The SMILES string of the molecule is Clc1ccc2c(c1)sc1cc(N(c3ccccc3)c3cc4sc5ccccc5c4c4ccccc34)ccc12. The van der Waals surface area contributed by atoms with Gasteiger partial charge in [0.05, 0.1) is 5.69 Å². The van der Waals surface area contributed by atoms with Gasteiger partial charge in [-0.2, -0.15) is 0 Å². The quantitative estimate of drug-likeness (QED) is 0.215. The number of fused-ring (bicyclic) bond motifs is 8. The Kier molecular flexibility index (Phi) is 4.99. The zero-order valence-corrected chi connectivity index (χ0v) is 22.6. The van der Waals surface area contributed by atoms with Crippen LogP contribution in [0.5, 0.6) is 0 Å². The number of benzene rings is 6. The summed E-state index contributed by atoms with van der Waals surface area (Å²) in [6.45, 7) is 0. The van der Waals surface area contributed by atoms with Crippen molar-refractivity contribution in [2.45, 2.75) is 0 Å². The first kappa shape index (κ1) is 22.1. The van der Waals surface area contributed by atoms with E-state index in [0.717, 1.165) is 16.4 Å². The summed E-state index contributed by atoms with van der Waals surface area (Å²) < 4.78 is 5.10. The van der Waals surface area contributed by atoms with Crippen molar-refractivity contribution in [1.29, 1.82) is 0 Å². The summed E-state index contributed by atoms with van der Waals surface area (Å²) >= 11 is 9.99. The number of para-hydroxylation sites is 1. The number of hydrogen-bond donors (Lipinski definition) is 0. The molecule has 0 bridgehead atoms. The number of anilines is 3. The number of thiophene rings is 2. The van der Waals surface area contributed by atoms with Crippen molar-refractivity contribution in [3.05, 3.63) is 126 Å². The Morgan fingerprint density at radius 1 is 0.447 bits per heavy atom. The van der Waals surface area contributed by atoms with Crippen LogP contribution in [0.2, 0.25) is 5.02 Å². The minimum atomic E-state index is 0.776. The van der Waals surface area contributed by atoms with Crippen LogP contribution in [0, 0.1) is 0 Å². The number of rotatable bonds is 3. The van der Waals surface area contributed by atoms with Gasteiger partial charge < -0.3 is 4.90 Å². The van der Waals surface area contributed by atoms with Crippen molar-refractivity contribution in [1.82, 2.24) is 0 Å². The number of nitrogens with zero attached hydrogens (tertiary/aromatic N) is 1. The second kappa shape index (κ2) is 8.57. The second-order valence-electron chi connectivity index (χ2n) is 9.51. The molecule has 0 spiro atoms. The van der Waals surface area contributed by atoms with Crippen molar-refractivity contribution in [3.63, 3.8) is 0 Å². The van der Waals surface area contributed by atoms with Crippen LogP contribution in [0.15, 0.2) is 121 Å². The molecule has 1 nitrogen and oxygen atoms in total. The van der Waals surface area contributed by atoms with E-state index in [1.807, 2.05) is 17.4 Å². The van der Waals surface area contributed by atoms with E-state index >= 15 is 0 Å². The summed E-state index contributed by atoms with van der Waals surface area (Å²) in [6.07, 6.45) is 0. The monoisotopic (exact) mass is 541 g/mol. The highest BCUT2D eigenvalue weighted by Crippen LogP contribution is 2.47. The number of hydrogen-bond acceptors (Lipinski definition) is 3. The lowest BCUT2D eigenvalue weighted by Gasteiger charge is -2.27. The summed E-state index contributed by atoms with van der Waals surface area (Å²) in [5.74, 6) is 0. The molecule has 180 valence electrons. The van der Waals surface area contributed by atoms with Gasteiger partial charge in [0.25, 0.3) is 0 Å². The molecule has 6 aromatic carbocycles. The second-order valence-corrected chi connectivity index (χ2v) is 12.1. The first-order chi connectivity index (χ1) is 18.7. The molecule has 0 unspecified atom stereocenters. The van der Waals surface area contributed by atoms with Crippen LogP contribution in [-0.4, -0.2) is 0 Å². The fraction of sp³-hybridized carbons (Fsp3) is 0. The maximum Gasteiger partial charge on any atom is 0.0554 e. The van der Waals surface area contributed by atoms with Crippen LogP contribution in [0.25, 0.3) is 51.1 Å². The molecule has 2 heterocycles. The summed E-state index contributed by atoms with van der Waals surface area (Å²) in [4.78, 5) is 2.41. The van der Waals surface area contributed by atoms with Gasteiger partial charge in [0.2, 0.25) is 0 Å². The zero-order chi connectivity index (χ0) is 25.2. The smallest absolute Gasteiger partial charge is 0.0554 e. The van der Waals surface area contributed by atoms with Crippen LogP contribution >= 0.6 is 34.3 Å². The molecule has 2 aromatic heterocycles. The standard InChI is InChI=1S/C34H20ClNS2/c35-21-14-16-25-26-17-15-23(19-32(26)38-31(25)18-21)36(22-8-2-1-3-9-22)29-20-33-34(27-11-5-4-10-24(27)29)28-12-6-7-13-30(28)37-33/h1-20H. The molecule has 0 amide bonds. The first-order valence-corrected chi connectivity index (χ1v) is 14.6. The average molecular weight is 542 g/mol. The highest BCUT2D eigenvalue weighted by molar-refractivity contribution is 7.26. The molecule has 0 aliphatic carbocycles. The molecule has 38 heavy (non-hydrogen) atoms. The van der Waals surface area contributed by atoms with Gasteiger partial charge >= 0.3 is 0 Å². The fourth-order valence-corrected chi connectivity index (χ4v) is 8.21. The molecule has 0 aliphatic rings. The van der Waals surface area contributed by atoms with Gasteiger partial charge in [-0.05, 0) is 53.9 Å². The van der Waals surface area contributed by atoms with Crippen LogP contribution < -0.4 is 4.90 Å². The molecule has 0 saturated heterocycles. The summed E-state index contributed by atoms with van der Waals surface area (Å²) in [5, 5.41) is 8.50. The Labute approximate surface area is 232 Å². The van der Waals surface area contributed by atoms with Crippen LogP contribution in [0.1, 0.15) is 0 Å². The summed E-state index contributed by atoms with van der Waals surface area (Å²) in [7, 11) is 0. The van der Waals surface area contributed by atoms with Gasteiger partial charge in [-0.1, -0.05) is 84.4 Å². The average Bonchev–Trinajstić information content (AvgIpc) is 3.51. The Bertz CT molecular complexity index is 2160. The lowest BCUT2D eigenvalue weighted by molar-refractivity contribution is 1.31. The van der Waals surface area contributed by atoms with Crippen molar-refractivity contribution in [3.8, 4) is 0 Å². The van der Waals surface area contributed by atoms with E-state index in [4.69, 9.17) is 11.6 Å². The van der Waals surface area contributed by atoms with Gasteiger partial charge in [0, 0.05) is 62.1 Å². The van der Waals surface area contributed by atoms with E-state index in [0.29, 0.717) is 0 Å². The van der Waals surface area contributed by atoms with Gasteiger partial charge in [-0.15, -0.1) is 22.7 Å². The molecule has 8 rings (SSSR count). The Balaban J connectivity index is 1.44. The minimum absolute atomic E-state index is 0.776. The minimum Gasteiger partial charge on any atom is -0.310 e. The highest BCUT2D eigenvalue weighted by Gasteiger charge is 2.20. The third kappa shape index (κ3) is 3.36. The molecular formula is C34H20ClNS2. The molecule has 0 N–H and O–H groups in total. The molecule has 8 aromatic rings. The molecular weight excluding hydrogens is 522 g/mol. The molecule has 0 saturated carbocycles. The van der Waals surface area contributed by atoms with Crippen molar-refractivity contribution in [2.24, 2.45) is 0 Å². The highest BCUT2D eigenvalue weighted by atomic mass is 35.5.